The summed E-state index contributed by atoms with van der Waals surface area (Å²) in [6.45, 7) is 0.703. The van der Waals surface area contributed by atoms with Gasteiger partial charge in [0.05, 0.1) is 11.6 Å². The molecule has 2 rings (SSSR count). The van der Waals surface area contributed by atoms with E-state index < -0.39 is 11.9 Å². The number of thioether (sulfide) groups is 1. The number of amides is 2. The zero-order valence-electron chi connectivity index (χ0n) is 10.9. The number of carboxylic acid groups (broad SMARTS) is 1. The Morgan fingerprint density at radius 3 is 2.85 bits per heavy atom. The fourth-order valence-corrected chi connectivity index (χ4v) is 2.82. The number of nitrogens with one attached hydrogen (secondary N) is 1. The molecule has 5 nitrogen and oxygen atoms in total. The molecule has 1 aliphatic rings. The molecule has 1 heterocycles. The van der Waals surface area contributed by atoms with Crippen LogP contribution in [-0.4, -0.2) is 41.4 Å². The number of benzene rings is 1. The average Bonchev–Trinajstić information content (AvgIpc) is 2.89. The molecule has 1 aromatic carbocycles. The molecule has 0 spiro atoms. The second kappa shape index (κ2) is 6.37. The van der Waals surface area contributed by atoms with Gasteiger partial charge in [-0.25, -0.2) is 4.79 Å². The normalized spacial score (nSPS) is 18.1. The van der Waals surface area contributed by atoms with Gasteiger partial charge in [0.15, 0.2) is 0 Å². The highest BCUT2D eigenvalue weighted by molar-refractivity contribution is 7.98. The van der Waals surface area contributed by atoms with E-state index in [1.807, 2.05) is 12.3 Å². The van der Waals surface area contributed by atoms with E-state index in [1.54, 1.807) is 12.1 Å². The van der Waals surface area contributed by atoms with E-state index in [1.165, 1.54) is 16.7 Å². The lowest BCUT2D eigenvalue weighted by Crippen LogP contribution is -2.33. The topological polar surface area (TPSA) is 69.6 Å². The van der Waals surface area contributed by atoms with Crippen LogP contribution in [0.5, 0.6) is 0 Å². The molecule has 2 N–H and O–H groups in total. The lowest BCUT2D eigenvalue weighted by Gasteiger charge is -2.18. The average molecular weight is 315 g/mol. The number of likely N-dealkylation sites (tertiary alicyclic amines) is 1. The third kappa shape index (κ3) is 3.37. The van der Waals surface area contributed by atoms with E-state index in [-0.39, 0.29) is 12.6 Å². The summed E-state index contributed by atoms with van der Waals surface area (Å²) >= 11 is 7.44. The Labute approximate surface area is 126 Å². The Hall–Kier alpha value is -1.40. The summed E-state index contributed by atoms with van der Waals surface area (Å²) in [5.74, 6) is -1.33. The van der Waals surface area contributed by atoms with E-state index >= 15 is 0 Å². The first kappa shape index (κ1) is 15.0. The third-order valence-corrected chi connectivity index (χ3v) is 4.26. The molecule has 0 aliphatic carbocycles. The minimum absolute atomic E-state index is 0.246. The number of hydrogen-bond donors (Lipinski definition) is 2. The summed E-state index contributed by atoms with van der Waals surface area (Å²) in [5.41, 5.74) is 0.647. The number of aliphatic carboxylic acids is 1. The molecular weight excluding hydrogens is 300 g/mol. The quantitative estimate of drug-likeness (QED) is 0.841. The molecule has 0 bridgehead atoms. The molecule has 108 valence electrons. The SMILES string of the molecule is CSc1ccc(Cl)cc1NC(=O)N1CCC(C(=O)O)C1. The van der Waals surface area contributed by atoms with Crippen LogP contribution in [0.25, 0.3) is 0 Å². The molecular formula is C13H15ClN2O3S. The van der Waals surface area contributed by atoms with Gasteiger partial charge in [-0.3, -0.25) is 4.79 Å². The minimum Gasteiger partial charge on any atom is -0.481 e. The van der Waals surface area contributed by atoms with Crippen molar-refractivity contribution in [3.8, 4) is 0 Å². The zero-order chi connectivity index (χ0) is 14.7. The smallest absolute Gasteiger partial charge is 0.321 e. The lowest BCUT2D eigenvalue weighted by atomic mass is 10.1. The van der Waals surface area contributed by atoms with E-state index in [0.29, 0.717) is 23.7 Å². The zero-order valence-corrected chi connectivity index (χ0v) is 12.5. The molecule has 20 heavy (non-hydrogen) atoms. The monoisotopic (exact) mass is 314 g/mol. The standard InChI is InChI=1S/C13H15ClN2O3S/c1-20-11-3-2-9(14)6-10(11)15-13(19)16-5-4-8(7-16)12(17)18/h2-3,6,8H,4-5,7H2,1H3,(H,15,19)(H,17,18). The molecule has 7 heteroatoms. The maximum atomic E-state index is 12.1. The number of anilines is 1. The second-order valence-electron chi connectivity index (χ2n) is 4.54. The van der Waals surface area contributed by atoms with Crippen molar-refractivity contribution >= 4 is 41.1 Å². The maximum absolute atomic E-state index is 12.1. The first-order valence-corrected chi connectivity index (χ1v) is 7.74. The Bertz CT molecular complexity index is 538. The third-order valence-electron chi connectivity index (χ3n) is 3.23. The Balaban J connectivity index is 2.05. The fourth-order valence-electron chi connectivity index (χ4n) is 2.12. The van der Waals surface area contributed by atoms with Gasteiger partial charge in [-0.1, -0.05) is 11.6 Å². The number of hydrogen-bond acceptors (Lipinski definition) is 3. The molecule has 0 radical (unpaired) electrons. The van der Waals surface area contributed by atoms with Crippen LogP contribution >= 0.6 is 23.4 Å². The van der Waals surface area contributed by atoms with Crippen LogP contribution in [0.4, 0.5) is 10.5 Å². The summed E-state index contributed by atoms with van der Waals surface area (Å²) in [5, 5.41) is 12.3. The van der Waals surface area contributed by atoms with Crippen molar-refractivity contribution in [1.82, 2.24) is 4.90 Å². The van der Waals surface area contributed by atoms with E-state index in [2.05, 4.69) is 5.32 Å². The van der Waals surface area contributed by atoms with Crippen molar-refractivity contribution in [2.75, 3.05) is 24.7 Å². The van der Waals surface area contributed by atoms with Crippen LogP contribution in [0.1, 0.15) is 6.42 Å². The molecule has 1 atom stereocenters. The highest BCUT2D eigenvalue weighted by Crippen LogP contribution is 2.29. The van der Waals surface area contributed by atoms with Crippen LogP contribution in [0, 0.1) is 5.92 Å². The molecule has 2 amide bonds. The van der Waals surface area contributed by atoms with Crippen molar-refractivity contribution < 1.29 is 14.7 Å². The first-order valence-electron chi connectivity index (χ1n) is 6.13. The lowest BCUT2D eigenvalue weighted by molar-refractivity contribution is -0.141. The van der Waals surface area contributed by atoms with Gasteiger partial charge in [0, 0.05) is 23.0 Å². The van der Waals surface area contributed by atoms with Gasteiger partial charge in [0.2, 0.25) is 0 Å². The van der Waals surface area contributed by atoms with Crippen molar-refractivity contribution in [3.63, 3.8) is 0 Å². The van der Waals surface area contributed by atoms with Gasteiger partial charge in [0.25, 0.3) is 0 Å². The van der Waals surface area contributed by atoms with Gasteiger partial charge < -0.3 is 15.3 Å². The van der Waals surface area contributed by atoms with Gasteiger partial charge in [0.1, 0.15) is 0 Å². The molecule has 0 aromatic heterocycles. The van der Waals surface area contributed by atoms with Crippen LogP contribution in [0.15, 0.2) is 23.1 Å². The highest BCUT2D eigenvalue weighted by atomic mass is 35.5. The molecule has 1 saturated heterocycles. The highest BCUT2D eigenvalue weighted by Gasteiger charge is 2.31. The fraction of sp³-hybridized carbons (Fsp3) is 0.385. The summed E-state index contributed by atoms with van der Waals surface area (Å²) in [6.07, 6.45) is 2.41. The predicted molar refractivity (Wildman–Crippen MR) is 79.6 cm³/mol. The van der Waals surface area contributed by atoms with Crippen LogP contribution < -0.4 is 5.32 Å². The number of urea groups is 1. The summed E-state index contributed by atoms with van der Waals surface area (Å²) in [6, 6.07) is 5.01. The van der Waals surface area contributed by atoms with Crippen molar-refractivity contribution in [1.29, 1.82) is 0 Å². The van der Waals surface area contributed by atoms with Crippen molar-refractivity contribution in [3.05, 3.63) is 23.2 Å². The predicted octanol–water partition coefficient (Wildman–Crippen LogP) is 3.00. The van der Waals surface area contributed by atoms with Gasteiger partial charge in [-0.05, 0) is 30.9 Å². The molecule has 0 saturated carbocycles. The molecule has 1 aliphatic heterocycles. The van der Waals surface area contributed by atoms with Gasteiger partial charge >= 0.3 is 12.0 Å². The summed E-state index contributed by atoms with van der Waals surface area (Å²) in [7, 11) is 0. The molecule has 1 unspecified atom stereocenters. The number of halogens is 1. The summed E-state index contributed by atoms with van der Waals surface area (Å²) in [4.78, 5) is 25.5. The summed E-state index contributed by atoms with van der Waals surface area (Å²) < 4.78 is 0. The van der Waals surface area contributed by atoms with E-state index in [0.717, 1.165) is 4.90 Å². The van der Waals surface area contributed by atoms with Crippen molar-refractivity contribution in [2.45, 2.75) is 11.3 Å². The number of carbonyl (C=O) groups excluding carboxylic acids is 1. The largest absolute Gasteiger partial charge is 0.481 e. The first-order chi connectivity index (χ1) is 9.51. The number of carboxylic acids is 1. The van der Waals surface area contributed by atoms with Crippen LogP contribution in [-0.2, 0) is 4.79 Å². The van der Waals surface area contributed by atoms with Crippen LogP contribution in [0.2, 0.25) is 5.02 Å². The number of carbonyl (C=O) groups is 2. The number of nitrogens with zero attached hydrogens (tertiary/aromatic N) is 1. The van der Waals surface area contributed by atoms with E-state index in [4.69, 9.17) is 16.7 Å². The van der Waals surface area contributed by atoms with Crippen molar-refractivity contribution in [2.24, 2.45) is 5.92 Å². The Kier molecular flexibility index (Phi) is 4.77. The number of rotatable bonds is 3. The van der Waals surface area contributed by atoms with Gasteiger partial charge in [-0.15, -0.1) is 11.8 Å². The van der Waals surface area contributed by atoms with Gasteiger partial charge in [-0.2, -0.15) is 0 Å². The van der Waals surface area contributed by atoms with E-state index in [9.17, 15) is 9.59 Å². The Morgan fingerprint density at radius 2 is 2.25 bits per heavy atom. The maximum Gasteiger partial charge on any atom is 0.321 e. The minimum atomic E-state index is -0.854. The van der Waals surface area contributed by atoms with Crippen LogP contribution in [0.3, 0.4) is 0 Å². The second-order valence-corrected chi connectivity index (χ2v) is 5.83. The molecule has 1 fully saturated rings. The Morgan fingerprint density at radius 1 is 1.50 bits per heavy atom. The molecule has 1 aromatic rings.